The topological polar surface area (TPSA) is 232 Å². The summed E-state index contributed by atoms with van der Waals surface area (Å²) in [5.41, 5.74) is 0.487. The maximum atomic E-state index is 13.2. The van der Waals surface area contributed by atoms with Crippen molar-refractivity contribution in [3.63, 3.8) is 0 Å². The summed E-state index contributed by atoms with van der Waals surface area (Å²) in [4.78, 5) is 84.6. The molecule has 6 atom stereocenters. The van der Waals surface area contributed by atoms with Gasteiger partial charge in [-0.1, -0.05) is 20.8 Å². The number of Topliss-reactive ketones (excluding diaryl/α,β-unsaturated/α-hetero) is 1. The lowest BCUT2D eigenvalue weighted by molar-refractivity contribution is -0.137. The van der Waals surface area contributed by atoms with E-state index in [2.05, 4.69) is 36.6 Å². The highest BCUT2D eigenvalue weighted by atomic mass is 16.3. The Bertz CT molecular complexity index is 1060. The van der Waals surface area contributed by atoms with Crippen molar-refractivity contribution in [2.45, 2.75) is 77.2 Å². The van der Waals surface area contributed by atoms with Gasteiger partial charge in [0.1, 0.15) is 30.2 Å². The number of rotatable bonds is 6. The molecule has 2 heterocycles. The number of nitrogens with zero attached hydrogens (tertiary/aromatic N) is 1. The fraction of sp³-hybridized carbons (Fsp3) is 0.640. The maximum Gasteiger partial charge on any atom is 0.243 e. The zero-order chi connectivity index (χ0) is 30.0. The van der Waals surface area contributed by atoms with Gasteiger partial charge in [0.2, 0.25) is 29.5 Å². The molecule has 1 aromatic heterocycles. The number of aromatic nitrogens is 2. The van der Waals surface area contributed by atoms with Crippen molar-refractivity contribution < 1.29 is 39.0 Å². The summed E-state index contributed by atoms with van der Waals surface area (Å²) in [5.74, 6) is -6.06. The van der Waals surface area contributed by atoms with Gasteiger partial charge in [-0.05, 0) is 19.3 Å². The van der Waals surface area contributed by atoms with Crippen LogP contribution in [0.1, 0.15) is 46.2 Å². The molecule has 0 aliphatic carbocycles. The quantitative estimate of drug-likeness (QED) is 0.176. The minimum Gasteiger partial charge on any atom is -0.396 e. The Labute approximate surface area is 231 Å². The predicted molar refractivity (Wildman–Crippen MR) is 140 cm³/mol. The zero-order valence-electron chi connectivity index (χ0n) is 23.0. The number of aromatic amines is 1. The first kappa shape index (κ1) is 32.4. The number of H-pyrrole nitrogens is 1. The number of aliphatic hydroxyl groups is 2. The molecule has 0 unspecified atom stereocenters. The lowest BCUT2D eigenvalue weighted by atomic mass is 9.97. The van der Waals surface area contributed by atoms with Gasteiger partial charge in [-0.15, -0.1) is 0 Å². The highest BCUT2D eigenvalue weighted by molar-refractivity contribution is 5.98. The SMILES string of the molecule is CC[C@@H]1NC(=O)[C@H](C(C)C)NC(=O)[C@H](C)NC(=O)[C@H](Cc2cnc[nH]2)NC(=O)[C@H](CO)CC(=O)[C@H](CO)NC1=O. The molecule has 15 heteroatoms. The Kier molecular flexibility index (Phi) is 12.2. The van der Waals surface area contributed by atoms with Crippen LogP contribution in [0.4, 0.5) is 0 Å². The Morgan fingerprint density at radius 3 is 2.00 bits per heavy atom. The fourth-order valence-electron chi connectivity index (χ4n) is 4.05. The summed E-state index contributed by atoms with van der Waals surface area (Å²) in [5, 5.41) is 32.1. The molecule has 0 radical (unpaired) electrons. The van der Waals surface area contributed by atoms with Gasteiger partial charge in [0.25, 0.3) is 0 Å². The molecule has 0 bridgehead atoms. The lowest BCUT2D eigenvalue weighted by Crippen LogP contribution is -2.60. The Balaban J connectivity index is 2.43. The van der Waals surface area contributed by atoms with E-state index in [1.54, 1.807) is 20.8 Å². The zero-order valence-corrected chi connectivity index (χ0v) is 23.0. The molecule has 2 rings (SSSR count). The molecular formula is C25H39N7O8. The third-order valence-electron chi connectivity index (χ3n) is 6.58. The average Bonchev–Trinajstić information content (AvgIpc) is 3.43. The molecule has 1 fully saturated rings. The first-order chi connectivity index (χ1) is 18.9. The second kappa shape index (κ2) is 15.1. The fourth-order valence-corrected chi connectivity index (χ4v) is 4.05. The van der Waals surface area contributed by atoms with Crippen LogP contribution in [0.25, 0.3) is 0 Å². The monoisotopic (exact) mass is 565 g/mol. The van der Waals surface area contributed by atoms with Crippen molar-refractivity contribution in [2.75, 3.05) is 13.2 Å². The van der Waals surface area contributed by atoms with Gasteiger partial charge >= 0.3 is 0 Å². The van der Waals surface area contributed by atoms with E-state index in [4.69, 9.17) is 0 Å². The van der Waals surface area contributed by atoms with Crippen molar-refractivity contribution in [3.8, 4) is 0 Å². The third kappa shape index (κ3) is 8.84. The number of carbonyl (C=O) groups excluding carboxylic acids is 6. The van der Waals surface area contributed by atoms with Gasteiger partial charge in [0.15, 0.2) is 5.78 Å². The van der Waals surface area contributed by atoms with Crippen LogP contribution in [-0.4, -0.2) is 98.9 Å². The molecule has 0 saturated carbocycles. The molecule has 8 N–H and O–H groups in total. The van der Waals surface area contributed by atoms with Crippen molar-refractivity contribution in [3.05, 3.63) is 18.2 Å². The van der Waals surface area contributed by atoms with Crippen molar-refractivity contribution in [2.24, 2.45) is 11.8 Å². The van der Waals surface area contributed by atoms with E-state index in [0.717, 1.165) is 0 Å². The van der Waals surface area contributed by atoms with E-state index in [1.165, 1.54) is 19.4 Å². The minimum atomic E-state index is -1.41. The normalized spacial score (nSPS) is 28.1. The van der Waals surface area contributed by atoms with E-state index >= 15 is 0 Å². The van der Waals surface area contributed by atoms with E-state index < -0.39 is 97.0 Å². The lowest BCUT2D eigenvalue weighted by Gasteiger charge is -2.28. The second-order valence-electron chi connectivity index (χ2n) is 10.1. The molecule has 40 heavy (non-hydrogen) atoms. The predicted octanol–water partition coefficient (Wildman–Crippen LogP) is -2.96. The number of ketones is 1. The van der Waals surface area contributed by atoms with Crippen LogP contribution in [0.2, 0.25) is 0 Å². The minimum absolute atomic E-state index is 0.0528. The van der Waals surface area contributed by atoms with Crippen LogP contribution in [0.3, 0.4) is 0 Å². The molecule has 1 aliphatic rings. The third-order valence-corrected chi connectivity index (χ3v) is 6.58. The smallest absolute Gasteiger partial charge is 0.243 e. The van der Waals surface area contributed by atoms with Gasteiger partial charge in [-0.25, -0.2) is 4.98 Å². The van der Waals surface area contributed by atoms with E-state index in [9.17, 15) is 39.0 Å². The van der Waals surface area contributed by atoms with Gasteiger partial charge < -0.3 is 41.8 Å². The number of imidazole rings is 1. The van der Waals surface area contributed by atoms with Gasteiger partial charge in [-0.2, -0.15) is 0 Å². The molecule has 0 aromatic carbocycles. The number of carbonyl (C=O) groups is 6. The number of hydrogen-bond donors (Lipinski definition) is 8. The Morgan fingerprint density at radius 1 is 0.825 bits per heavy atom. The van der Waals surface area contributed by atoms with Crippen LogP contribution < -0.4 is 26.6 Å². The van der Waals surface area contributed by atoms with Gasteiger partial charge in [0, 0.05) is 24.7 Å². The molecule has 1 saturated heterocycles. The summed E-state index contributed by atoms with van der Waals surface area (Å²) >= 11 is 0. The van der Waals surface area contributed by atoms with Gasteiger partial charge in [0.05, 0.1) is 25.5 Å². The molecular weight excluding hydrogens is 526 g/mol. The van der Waals surface area contributed by atoms with E-state index in [-0.39, 0.29) is 12.8 Å². The molecule has 15 nitrogen and oxygen atoms in total. The molecule has 5 amide bonds. The molecule has 1 aliphatic heterocycles. The maximum absolute atomic E-state index is 13.2. The number of nitrogens with one attached hydrogen (secondary N) is 6. The first-order valence-corrected chi connectivity index (χ1v) is 13.1. The Morgan fingerprint density at radius 2 is 1.45 bits per heavy atom. The number of aliphatic hydroxyl groups excluding tert-OH is 2. The second-order valence-corrected chi connectivity index (χ2v) is 10.1. The standard InChI is InChI=1S/C25H39N7O8/c1-5-16-23(38)31-18(10-34)19(35)6-14(9-33)22(37)30-17(7-15-8-26-11-27-15)24(39)28-13(4)21(36)32-20(12(2)3)25(40)29-16/h8,11-14,16-18,20,33-34H,5-7,9-10H2,1-4H3,(H,26,27)(H,28,39)(H,29,40)(H,30,37)(H,31,38)(H,32,36)/t13-,14-,16-,17-,18-,20-/m0/s1. The van der Waals surface area contributed by atoms with Crippen molar-refractivity contribution in [1.29, 1.82) is 0 Å². The average molecular weight is 566 g/mol. The van der Waals surface area contributed by atoms with E-state index in [1.807, 2.05) is 0 Å². The summed E-state index contributed by atoms with van der Waals surface area (Å²) in [7, 11) is 0. The van der Waals surface area contributed by atoms with Crippen LogP contribution in [0.5, 0.6) is 0 Å². The van der Waals surface area contributed by atoms with Crippen LogP contribution in [0.15, 0.2) is 12.5 Å². The summed E-state index contributed by atoms with van der Waals surface area (Å²) in [6.45, 7) is 4.86. The first-order valence-electron chi connectivity index (χ1n) is 13.1. The van der Waals surface area contributed by atoms with Crippen LogP contribution in [-0.2, 0) is 35.2 Å². The van der Waals surface area contributed by atoms with Gasteiger partial charge in [-0.3, -0.25) is 28.8 Å². The molecule has 0 spiro atoms. The summed E-state index contributed by atoms with van der Waals surface area (Å²) < 4.78 is 0. The van der Waals surface area contributed by atoms with Crippen LogP contribution in [0, 0.1) is 11.8 Å². The van der Waals surface area contributed by atoms with Crippen molar-refractivity contribution in [1.82, 2.24) is 36.6 Å². The van der Waals surface area contributed by atoms with Crippen molar-refractivity contribution >= 4 is 35.3 Å². The summed E-state index contributed by atoms with van der Waals surface area (Å²) in [6, 6.07) is -5.91. The highest BCUT2D eigenvalue weighted by Crippen LogP contribution is 2.10. The largest absolute Gasteiger partial charge is 0.396 e. The molecule has 1 aromatic rings. The van der Waals surface area contributed by atoms with Crippen LogP contribution >= 0.6 is 0 Å². The molecule has 222 valence electrons. The highest BCUT2D eigenvalue weighted by Gasteiger charge is 2.34. The van der Waals surface area contributed by atoms with E-state index in [0.29, 0.717) is 5.69 Å². The number of amides is 5. The number of hydrogen-bond acceptors (Lipinski definition) is 9. The Hall–Kier alpha value is -3.85. The summed E-state index contributed by atoms with van der Waals surface area (Å²) in [6.07, 6.45) is 2.35.